The Hall–Kier alpha value is -2.77. The van der Waals surface area contributed by atoms with Crippen LogP contribution in [0.2, 0.25) is 5.02 Å². The molecule has 4 rings (SSSR count). The van der Waals surface area contributed by atoms with Crippen LogP contribution in [0.25, 0.3) is 20.4 Å². The maximum absolute atomic E-state index is 12.7. The Bertz CT molecular complexity index is 1180. The van der Waals surface area contributed by atoms with Crippen molar-refractivity contribution >= 4 is 49.3 Å². The molecule has 0 spiro atoms. The third kappa shape index (κ3) is 3.70. The number of amides is 1. The van der Waals surface area contributed by atoms with E-state index in [9.17, 15) is 9.59 Å². The highest BCUT2D eigenvalue weighted by molar-refractivity contribution is 7.25. The van der Waals surface area contributed by atoms with Crippen LogP contribution < -0.4 is 10.9 Å². The Labute approximate surface area is 163 Å². The fourth-order valence-electron chi connectivity index (χ4n) is 2.82. The quantitative estimate of drug-likeness (QED) is 0.560. The summed E-state index contributed by atoms with van der Waals surface area (Å²) in [5.41, 5.74) is 1.49. The summed E-state index contributed by atoms with van der Waals surface area (Å²) in [5.74, 6) is -0.230. The Morgan fingerprint density at radius 2 is 2.00 bits per heavy atom. The van der Waals surface area contributed by atoms with E-state index in [2.05, 4.69) is 15.3 Å². The number of aromatic nitrogens is 3. The molecule has 0 fully saturated rings. The van der Waals surface area contributed by atoms with Gasteiger partial charge in [0.05, 0.1) is 11.8 Å². The highest BCUT2D eigenvalue weighted by Crippen LogP contribution is 2.27. The average Bonchev–Trinajstić information content (AvgIpc) is 3.05. The second-order valence-electron chi connectivity index (χ2n) is 6.04. The maximum atomic E-state index is 12.7. The van der Waals surface area contributed by atoms with Crippen LogP contribution in [0.15, 0.2) is 53.7 Å². The molecule has 0 aliphatic carbocycles. The first-order valence-corrected chi connectivity index (χ1v) is 9.55. The summed E-state index contributed by atoms with van der Waals surface area (Å²) in [6.07, 6.45) is 3.80. The van der Waals surface area contributed by atoms with Gasteiger partial charge in [0.25, 0.3) is 5.56 Å². The molecule has 3 heterocycles. The molecule has 0 aliphatic rings. The summed E-state index contributed by atoms with van der Waals surface area (Å²) in [7, 11) is 0. The van der Waals surface area contributed by atoms with E-state index in [1.807, 2.05) is 36.4 Å². The lowest BCUT2D eigenvalue weighted by Crippen LogP contribution is -2.33. The molecule has 3 aromatic heterocycles. The fourth-order valence-corrected chi connectivity index (χ4v) is 4.00. The van der Waals surface area contributed by atoms with E-state index in [0.717, 1.165) is 15.8 Å². The Balaban J connectivity index is 1.45. The minimum Gasteiger partial charge on any atom is -0.354 e. The lowest BCUT2D eigenvalue weighted by atomic mass is 10.1. The molecule has 136 valence electrons. The number of benzene rings is 1. The molecule has 4 aromatic rings. The van der Waals surface area contributed by atoms with Crippen molar-refractivity contribution in [3.63, 3.8) is 0 Å². The van der Waals surface area contributed by atoms with Gasteiger partial charge in [0.15, 0.2) is 0 Å². The number of pyridine rings is 1. The number of carbonyl (C=O) groups is 1. The van der Waals surface area contributed by atoms with Gasteiger partial charge in [-0.3, -0.25) is 14.2 Å². The van der Waals surface area contributed by atoms with Crippen LogP contribution in [0.1, 0.15) is 5.56 Å². The Morgan fingerprint density at radius 1 is 1.19 bits per heavy atom. The summed E-state index contributed by atoms with van der Waals surface area (Å²) in [5, 5.41) is 4.37. The predicted octanol–water partition coefficient (Wildman–Crippen LogP) is 3.02. The molecule has 27 heavy (non-hydrogen) atoms. The van der Waals surface area contributed by atoms with Gasteiger partial charge >= 0.3 is 0 Å². The van der Waals surface area contributed by atoms with Crippen molar-refractivity contribution < 1.29 is 4.79 Å². The summed E-state index contributed by atoms with van der Waals surface area (Å²) in [4.78, 5) is 34.3. The number of halogens is 1. The largest absolute Gasteiger partial charge is 0.354 e. The molecule has 1 amide bonds. The minimum atomic E-state index is -0.230. The monoisotopic (exact) mass is 398 g/mol. The van der Waals surface area contributed by atoms with Gasteiger partial charge in [0, 0.05) is 23.2 Å². The number of fused-ring (bicyclic) bond motifs is 3. The summed E-state index contributed by atoms with van der Waals surface area (Å²) < 4.78 is 1.84. The lowest BCUT2D eigenvalue weighted by Gasteiger charge is -2.07. The second kappa shape index (κ2) is 7.46. The first-order valence-electron chi connectivity index (χ1n) is 8.35. The average molecular weight is 399 g/mol. The zero-order valence-corrected chi connectivity index (χ0v) is 15.8. The van der Waals surface area contributed by atoms with Crippen LogP contribution in [0.5, 0.6) is 0 Å². The zero-order valence-electron chi connectivity index (χ0n) is 14.2. The normalized spacial score (nSPS) is 11.1. The van der Waals surface area contributed by atoms with E-state index >= 15 is 0 Å². The number of thiophene rings is 1. The number of hydrogen-bond donors (Lipinski definition) is 1. The molecule has 0 bridgehead atoms. The molecule has 0 aliphatic heterocycles. The molecular formula is C19H15ClN4O2S. The molecular weight excluding hydrogens is 384 g/mol. The lowest BCUT2D eigenvalue weighted by molar-refractivity contribution is -0.121. The van der Waals surface area contributed by atoms with Crippen LogP contribution in [0, 0.1) is 0 Å². The Morgan fingerprint density at radius 3 is 2.81 bits per heavy atom. The smallest absolute Gasteiger partial charge is 0.271 e. The Kier molecular flexibility index (Phi) is 4.87. The molecule has 0 radical (unpaired) electrons. The van der Waals surface area contributed by atoms with Crippen molar-refractivity contribution in [2.45, 2.75) is 13.0 Å². The van der Waals surface area contributed by atoms with Crippen molar-refractivity contribution in [2.75, 3.05) is 6.54 Å². The second-order valence-corrected chi connectivity index (χ2v) is 7.48. The standard InChI is InChI=1S/C19H15ClN4O2S/c20-13-5-3-12(4-6-13)7-9-21-15(25)10-24-11-23-16-14-2-1-8-22-18(14)27-17(16)19(24)26/h1-6,8,11H,7,9-10H2,(H,21,25). The van der Waals surface area contributed by atoms with Gasteiger partial charge in [-0.1, -0.05) is 23.7 Å². The van der Waals surface area contributed by atoms with Crippen LogP contribution in [-0.2, 0) is 17.8 Å². The van der Waals surface area contributed by atoms with Crippen LogP contribution >= 0.6 is 22.9 Å². The molecule has 0 saturated heterocycles. The maximum Gasteiger partial charge on any atom is 0.271 e. The van der Waals surface area contributed by atoms with Gasteiger partial charge in [-0.2, -0.15) is 0 Å². The third-order valence-corrected chi connectivity index (χ3v) is 5.53. The molecule has 1 N–H and O–H groups in total. The summed E-state index contributed by atoms with van der Waals surface area (Å²) >= 11 is 7.15. The number of nitrogens with zero attached hydrogens (tertiary/aromatic N) is 3. The van der Waals surface area contributed by atoms with E-state index in [1.54, 1.807) is 6.20 Å². The fraction of sp³-hybridized carbons (Fsp3) is 0.158. The molecule has 8 heteroatoms. The molecule has 0 saturated carbocycles. The first-order chi connectivity index (χ1) is 13.1. The summed E-state index contributed by atoms with van der Waals surface area (Å²) in [6, 6.07) is 11.2. The van der Waals surface area contributed by atoms with E-state index in [0.29, 0.717) is 28.2 Å². The van der Waals surface area contributed by atoms with E-state index < -0.39 is 0 Å². The SMILES string of the molecule is O=C(Cn1cnc2c(sc3ncccc32)c1=O)NCCc1ccc(Cl)cc1. The van der Waals surface area contributed by atoms with Crippen LogP contribution in [-0.4, -0.2) is 27.0 Å². The van der Waals surface area contributed by atoms with Crippen LogP contribution in [0.4, 0.5) is 0 Å². The number of hydrogen-bond acceptors (Lipinski definition) is 5. The van der Waals surface area contributed by atoms with E-state index in [-0.39, 0.29) is 18.0 Å². The van der Waals surface area contributed by atoms with Gasteiger partial charge in [-0.15, -0.1) is 11.3 Å². The molecule has 0 atom stereocenters. The van der Waals surface area contributed by atoms with Crippen molar-refractivity contribution in [1.29, 1.82) is 0 Å². The van der Waals surface area contributed by atoms with Gasteiger partial charge in [0.1, 0.15) is 16.1 Å². The van der Waals surface area contributed by atoms with E-state index in [1.165, 1.54) is 22.2 Å². The predicted molar refractivity (Wildman–Crippen MR) is 107 cm³/mol. The molecule has 0 unspecified atom stereocenters. The van der Waals surface area contributed by atoms with Gasteiger partial charge in [-0.05, 0) is 36.2 Å². The van der Waals surface area contributed by atoms with Gasteiger partial charge < -0.3 is 5.32 Å². The van der Waals surface area contributed by atoms with Crippen molar-refractivity contribution in [1.82, 2.24) is 19.9 Å². The van der Waals surface area contributed by atoms with Gasteiger partial charge in [0.2, 0.25) is 5.91 Å². The van der Waals surface area contributed by atoms with E-state index in [4.69, 9.17) is 11.6 Å². The number of rotatable bonds is 5. The summed E-state index contributed by atoms with van der Waals surface area (Å²) in [6.45, 7) is 0.418. The van der Waals surface area contributed by atoms with Gasteiger partial charge in [-0.25, -0.2) is 9.97 Å². The number of carbonyl (C=O) groups excluding carboxylic acids is 1. The van der Waals surface area contributed by atoms with Crippen molar-refractivity contribution in [3.05, 3.63) is 69.9 Å². The van der Waals surface area contributed by atoms with Crippen LogP contribution in [0.3, 0.4) is 0 Å². The molecule has 1 aromatic carbocycles. The molecule has 6 nitrogen and oxygen atoms in total. The zero-order chi connectivity index (χ0) is 18.8. The minimum absolute atomic E-state index is 0.0654. The highest BCUT2D eigenvalue weighted by atomic mass is 35.5. The third-order valence-electron chi connectivity index (χ3n) is 4.18. The van der Waals surface area contributed by atoms with Crippen molar-refractivity contribution in [3.8, 4) is 0 Å². The topological polar surface area (TPSA) is 76.9 Å². The van der Waals surface area contributed by atoms with Crippen molar-refractivity contribution in [2.24, 2.45) is 0 Å². The first kappa shape index (κ1) is 17.6. The highest BCUT2D eigenvalue weighted by Gasteiger charge is 2.13. The number of nitrogens with one attached hydrogen (secondary N) is 1.